The number of halogens is 2. The van der Waals surface area contributed by atoms with Crippen molar-refractivity contribution in [2.75, 3.05) is 19.8 Å². The molecule has 1 aromatic carbocycles. The second-order valence-corrected chi connectivity index (χ2v) is 6.85. The molecule has 132 valence electrons. The van der Waals surface area contributed by atoms with Crippen molar-refractivity contribution in [3.05, 3.63) is 62.0 Å². The Kier molecular flexibility index (Phi) is 5.42. The largest absolute Gasteiger partial charge is 0.381 e. The van der Waals surface area contributed by atoms with E-state index in [0.29, 0.717) is 29.8 Å². The van der Waals surface area contributed by atoms with Crippen LogP contribution < -0.4 is 10.9 Å². The predicted molar refractivity (Wildman–Crippen MR) is 95.4 cm³/mol. The summed E-state index contributed by atoms with van der Waals surface area (Å²) in [4.78, 5) is 23.4. The van der Waals surface area contributed by atoms with Crippen molar-refractivity contribution in [1.82, 2.24) is 15.5 Å². The normalized spacial score (nSPS) is 16.4. The fourth-order valence-corrected chi connectivity index (χ4v) is 3.64. The van der Waals surface area contributed by atoms with Crippen molar-refractivity contribution < 1.29 is 9.53 Å². The number of nitrogens with zero attached hydrogens (tertiary/aromatic N) is 1. The van der Waals surface area contributed by atoms with Gasteiger partial charge in [0, 0.05) is 41.3 Å². The molecule has 0 atom stereocenters. The zero-order valence-electron chi connectivity index (χ0n) is 13.4. The van der Waals surface area contributed by atoms with Crippen molar-refractivity contribution in [2.24, 2.45) is 0 Å². The summed E-state index contributed by atoms with van der Waals surface area (Å²) >= 11 is 12.4. The van der Waals surface area contributed by atoms with E-state index in [0.717, 1.165) is 18.4 Å². The summed E-state index contributed by atoms with van der Waals surface area (Å²) < 4.78 is 5.48. The highest BCUT2D eigenvalue weighted by atomic mass is 35.5. The summed E-state index contributed by atoms with van der Waals surface area (Å²) in [7, 11) is 0. The first-order valence-corrected chi connectivity index (χ1v) is 8.63. The Morgan fingerprint density at radius 2 is 2.00 bits per heavy atom. The summed E-state index contributed by atoms with van der Waals surface area (Å²) in [6.07, 6.45) is 1.46. The molecule has 6 nitrogen and oxygen atoms in total. The van der Waals surface area contributed by atoms with Crippen LogP contribution in [0.15, 0.2) is 35.1 Å². The summed E-state index contributed by atoms with van der Waals surface area (Å²) in [5, 5.41) is 10.0. The van der Waals surface area contributed by atoms with E-state index in [9.17, 15) is 9.59 Å². The van der Waals surface area contributed by atoms with Gasteiger partial charge in [-0.15, -0.1) is 0 Å². The van der Waals surface area contributed by atoms with E-state index in [2.05, 4.69) is 15.5 Å². The van der Waals surface area contributed by atoms with E-state index in [-0.39, 0.29) is 22.6 Å². The van der Waals surface area contributed by atoms with Gasteiger partial charge in [-0.25, -0.2) is 5.10 Å². The van der Waals surface area contributed by atoms with Crippen LogP contribution in [0.5, 0.6) is 0 Å². The molecule has 3 rings (SSSR count). The Labute approximate surface area is 154 Å². The van der Waals surface area contributed by atoms with Crippen LogP contribution >= 0.6 is 23.2 Å². The maximum Gasteiger partial charge on any atom is 0.271 e. The number of rotatable bonds is 4. The minimum Gasteiger partial charge on any atom is -0.381 e. The van der Waals surface area contributed by atoms with Crippen molar-refractivity contribution in [3.63, 3.8) is 0 Å². The lowest BCUT2D eigenvalue weighted by atomic mass is 9.74. The molecule has 0 aliphatic carbocycles. The van der Waals surface area contributed by atoms with Gasteiger partial charge in [0.05, 0.1) is 0 Å². The van der Waals surface area contributed by atoms with E-state index in [1.807, 2.05) is 6.07 Å². The topological polar surface area (TPSA) is 84.1 Å². The van der Waals surface area contributed by atoms with Gasteiger partial charge < -0.3 is 10.1 Å². The van der Waals surface area contributed by atoms with Gasteiger partial charge in [-0.3, -0.25) is 9.59 Å². The third-order valence-corrected chi connectivity index (χ3v) is 5.00. The number of aromatic nitrogens is 2. The molecule has 1 amide bonds. The second-order valence-electron chi connectivity index (χ2n) is 6.01. The Morgan fingerprint density at radius 1 is 1.24 bits per heavy atom. The lowest BCUT2D eigenvalue weighted by Gasteiger charge is -2.38. The molecule has 0 bridgehead atoms. The van der Waals surface area contributed by atoms with E-state index >= 15 is 0 Å². The number of ether oxygens (including phenoxy) is 1. The number of nitrogens with one attached hydrogen (secondary N) is 2. The minimum atomic E-state index is -0.356. The summed E-state index contributed by atoms with van der Waals surface area (Å²) in [5.74, 6) is -0.354. The molecule has 2 aromatic rings. The van der Waals surface area contributed by atoms with E-state index in [1.54, 1.807) is 12.1 Å². The van der Waals surface area contributed by atoms with E-state index in [4.69, 9.17) is 27.9 Å². The first kappa shape index (κ1) is 17.9. The van der Waals surface area contributed by atoms with Crippen LogP contribution in [0.1, 0.15) is 28.9 Å². The molecule has 0 spiro atoms. The van der Waals surface area contributed by atoms with E-state index in [1.165, 1.54) is 12.1 Å². The van der Waals surface area contributed by atoms with Crippen molar-refractivity contribution in [3.8, 4) is 0 Å². The van der Waals surface area contributed by atoms with Crippen molar-refractivity contribution >= 4 is 29.1 Å². The fraction of sp³-hybridized carbons (Fsp3) is 0.353. The molecule has 1 aliphatic heterocycles. The molecular weight excluding hydrogens is 365 g/mol. The van der Waals surface area contributed by atoms with Gasteiger partial charge in [-0.1, -0.05) is 29.3 Å². The molecule has 0 unspecified atom stereocenters. The van der Waals surface area contributed by atoms with Gasteiger partial charge in [0.15, 0.2) is 0 Å². The summed E-state index contributed by atoms with van der Waals surface area (Å²) in [6.45, 7) is 1.56. The molecule has 1 fully saturated rings. The van der Waals surface area contributed by atoms with Gasteiger partial charge in [-0.2, -0.15) is 5.10 Å². The standard InChI is InChI=1S/C17H17Cl2N3O3/c18-11-1-2-12(13(19)9-11)17(5-7-25-8-6-17)10-20-16(24)14-3-4-15(23)22-21-14/h1-4,9H,5-8,10H2,(H,20,24)(H,22,23). The van der Waals surface area contributed by atoms with Crippen LogP contribution in [-0.2, 0) is 10.2 Å². The minimum absolute atomic E-state index is 0.156. The number of hydrogen-bond donors (Lipinski definition) is 2. The van der Waals surface area contributed by atoms with Crippen LogP contribution in [0.2, 0.25) is 10.0 Å². The smallest absolute Gasteiger partial charge is 0.271 e. The van der Waals surface area contributed by atoms with Gasteiger partial charge >= 0.3 is 0 Å². The monoisotopic (exact) mass is 381 g/mol. The highest BCUT2D eigenvalue weighted by molar-refractivity contribution is 6.35. The average molecular weight is 382 g/mol. The second kappa shape index (κ2) is 7.56. The van der Waals surface area contributed by atoms with Crippen LogP contribution in [0.25, 0.3) is 0 Å². The SMILES string of the molecule is O=C(NCC1(c2ccc(Cl)cc2Cl)CCOCC1)c1ccc(=O)[nH]n1. The third kappa shape index (κ3) is 4.03. The highest BCUT2D eigenvalue weighted by Gasteiger charge is 2.36. The lowest BCUT2D eigenvalue weighted by Crippen LogP contribution is -2.45. The number of hydrogen-bond acceptors (Lipinski definition) is 4. The Bertz CT molecular complexity index is 812. The van der Waals surface area contributed by atoms with Crippen LogP contribution in [-0.4, -0.2) is 35.9 Å². The van der Waals surface area contributed by atoms with E-state index < -0.39 is 0 Å². The molecule has 2 heterocycles. The number of benzene rings is 1. The Morgan fingerprint density at radius 3 is 2.64 bits per heavy atom. The quantitative estimate of drug-likeness (QED) is 0.851. The number of amides is 1. The van der Waals surface area contributed by atoms with Crippen LogP contribution in [0.3, 0.4) is 0 Å². The predicted octanol–water partition coefficient (Wildman–Crippen LogP) is 2.55. The molecule has 1 aliphatic rings. The van der Waals surface area contributed by atoms with Gasteiger partial charge in [0.1, 0.15) is 5.69 Å². The first-order chi connectivity index (χ1) is 12.0. The molecule has 25 heavy (non-hydrogen) atoms. The number of carbonyl (C=O) groups excluding carboxylic acids is 1. The molecule has 2 N–H and O–H groups in total. The zero-order valence-corrected chi connectivity index (χ0v) is 14.9. The molecule has 0 saturated carbocycles. The third-order valence-electron chi connectivity index (χ3n) is 4.45. The lowest BCUT2D eigenvalue weighted by molar-refractivity contribution is 0.0487. The molecule has 8 heteroatoms. The van der Waals surface area contributed by atoms with Crippen molar-refractivity contribution in [2.45, 2.75) is 18.3 Å². The van der Waals surface area contributed by atoms with Gasteiger partial charge in [-0.05, 0) is 36.6 Å². The average Bonchev–Trinajstić information content (AvgIpc) is 2.61. The molecule has 1 aromatic heterocycles. The Hall–Kier alpha value is -1.89. The molecule has 1 saturated heterocycles. The number of carbonyl (C=O) groups is 1. The van der Waals surface area contributed by atoms with Gasteiger partial charge in [0.2, 0.25) is 0 Å². The van der Waals surface area contributed by atoms with Crippen LogP contribution in [0, 0.1) is 0 Å². The maximum absolute atomic E-state index is 12.3. The Balaban J connectivity index is 1.82. The maximum atomic E-state index is 12.3. The summed E-state index contributed by atoms with van der Waals surface area (Å²) in [5.41, 5.74) is 0.406. The zero-order chi connectivity index (χ0) is 17.9. The fourth-order valence-electron chi connectivity index (χ4n) is 3.03. The first-order valence-electron chi connectivity index (χ1n) is 7.87. The van der Waals surface area contributed by atoms with Crippen LogP contribution in [0.4, 0.5) is 0 Å². The number of H-pyrrole nitrogens is 1. The molecule has 0 radical (unpaired) electrons. The molecular formula is C17H17Cl2N3O3. The number of aromatic amines is 1. The van der Waals surface area contributed by atoms with Gasteiger partial charge in [0.25, 0.3) is 11.5 Å². The van der Waals surface area contributed by atoms with Crippen molar-refractivity contribution in [1.29, 1.82) is 0 Å². The highest BCUT2D eigenvalue weighted by Crippen LogP contribution is 2.39. The summed E-state index contributed by atoms with van der Waals surface area (Å²) in [6, 6.07) is 8.06.